The van der Waals surface area contributed by atoms with Crippen LogP contribution in [0.2, 0.25) is 0 Å². The van der Waals surface area contributed by atoms with Gasteiger partial charge in [-0.05, 0) is 63.1 Å². The van der Waals surface area contributed by atoms with Gasteiger partial charge in [0, 0.05) is 30.2 Å². The molecule has 1 aromatic carbocycles. The summed E-state index contributed by atoms with van der Waals surface area (Å²) in [5, 5.41) is 3.38. The second kappa shape index (κ2) is 5.47. The molecule has 0 aliphatic heterocycles. The van der Waals surface area contributed by atoms with E-state index < -0.39 is 0 Å². The average molecular weight is 260 g/mol. The molecule has 0 radical (unpaired) electrons. The fourth-order valence-corrected chi connectivity index (χ4v) is 2.55. The van der Waals surface area contributed by atoms with Crippen molar-refractivity contribution in [3.05, 3.63) is 52.6 Å². The van der Waals surface area contributed by atoms with E-state index in [1.807, 2.05) is 6.92 Å². The molecule has 2 nitrogen and oxygen atoms in total. The Labute approximate surface area is 114 Å². The number of nitrogens with zero attached hydrogens (tertiary/aromatic N) is 1. The summed E-state index contributed by atoms with van der Waals surface area (Å²) in [4.78, 5) is 0. The third kappa shape index (κ3) is 2.80. The summed E-state index contributed by atoms with van der Waals surface area (Å²) < 4.78 is 15.3. The number of benzene rings is 1. The Kier molecular flexibility index (Phi) is 3.93. The van der Waals surface area contributed by atoms with E-state index in [4.69, 9.17) is 0 Å². The average Bonchev–Trinajstić information content (AvgIpc) is 2.63. The first kappa shape index (κ1) is 13.7. The maximum Gasteiger partial charge on any atom is 0.123 e. The van der Waals surface area contributed by atoms with Gasteiger partial charge in [0.1, 0.15) is 5.82 Å². The lowest BCUT2D eigenvalue weighted by atomic mass is 10.2. The molecule has 0 aliphatic carbocycles. The van der Waals surface area contributed by atoms with Gasteiger partial charge in [-0.25, -0.2) is 4.39 Å². The van der Waals surface area contributed by atoms with E-state index in [0.717, 1.165) is 24.3 Å². The Hall–Kier alpha value is -1.77. The number of hydrogen-bond donors (Lipinski definition) is 1. The topological polar surface area (TPSA) is 17.0 Å². The lowest BCUT2D eigenvalue weighted by Gasteiger charge is -2.10. The van der Waals surface area contributed by atoms with Crippen LogP contribution in [0.15, 0.2) is 24.3 Å². The first-order chi connectivity index (χ1) is 9.02. The minimum atomic E-state index is -0.188. The lowest BCUT2D eigenvalue weighted by Crippen LogP contribution is -2.04. The van der Waals surface area contributed by atoms with E-state index in [2.05, 4.69) is 36.7 Å². The van der Waals surface area contributed by atoms with Gasteiger partial charge in [0.05, 0.1) is 0 Å². The van der Waals surface area contributed by atoms with Crippen LogP contribution in [0.4, 0.5) is 10.1 Å². The Bertz CT molecular complexity index is 585. The van der Waals surface area contributed by atoms with E-state index in [1.54, 1.807) is 12.1 Å². The van der Waals surface area contributed by atoms with Gasteiger partial charge in [-0.3, -0.25) is 0 Å². The number of hydrogen-bond acceptors (Lipinski definition) is 1. The molecule has 1 aromatic heterocycles. The Balaban J connectivity index is 2.14. The second-order valence-corrected chi connectivity index (χ2v) is 4.95. The van der Waals surface area contributed by atoms with Gasteiger partial charge in [-0.15, -0.1) is 0 Å². The summed E-state index contributed by atoms with van der Waals surface area (Å²) in [5.74, 6) is -0.188. The number of aromatic nitrogens is 1. The van der Waals surface area contributed by atoms with Gasteiger partial charge >= 0.3 is 0 Å². The smallest absolute Gasteiger partial charge is 0.123 e. The molecule has 1 heterocycles. The van der Waals surface area contributed by atoms with Crippen molar-refractivity contribution in [3.8, 4) is 0 Å². The van der Waals surface area contributed by atoms with Gasteiger partial charge < -0.3 is 9.88 Å². The Morgan fingerprint density at radius 3 is 2.47 bits per heavy atom. The van der Waals surface area contributed by atoms with Crippen LogP contribution in [0.25, 0.3) is 0 Å². The molecule has 0 atom stereocenters. The first-order valence-electron chi connectivity index (χ1n) is 6.68. The molecule has 102 valence electrons. The highest BCUT2D eigenvalue weighted by Gasteiger charge is 2.08. The van der Waals surface area contributed by atoms with Gasteiger partial charge in [-0.2, -0.15) is 0 Å². The molecule has 2 aromatic rings. The van der Waals surface area contributed by atoms with Crippen LogP contribution in [0.5, 0.6) is 0 Å². The number of nitrogens with one attached hydrogen (secondary N) is 1. The van der Waals surface area contributed by atoms with Crippen molar-refractivity contribution in [3.63, 3.8) is 0 Å². The monoisotopic (exact) mass is 260 g/mol. The highest BCUT2D eigenvalue weighted by atomic mass is 19.1. The SMILES string of the molecule is CCn1c(C)cc(CNc2ccc(F)cc2C)c1C. The van der Waals surface area contributed by atoms with Crippen molar-refractivity contribution in [1.82, 2.24) is 4.57 Å². The highest BCUT2D eigenvalue weighted by Crippen LogP contribution is 2.19. The molecule has 3 heteroatoms. The minimum absolute atomic E-state index is 0.188. The zero-order chi connectivity index (χ0) is 14.0. The van der Waals surface area contributed by atoms with Crippen molar-refractivity contribution in [2.45, 2.75) is 40.8 Å². The number of halogens is 1. The van der Waals surface area contributed by atoms with Crippen molar-refractivity contribution in [2.75, 3.05) is 5.32 Å². The molecule has 0 amide bonds. The Morgan fingerprint density at radius 1 is 1.16 bits per heavy atom. The minimum Gasteiger partial charge on any atom is -0.381 e. The molecule has 0 spiro atoms. The van der Waals surface area contributed by atoms with E-state index in [0.29, 0.717) is 0 Å². The summed E-state index contributed by atoms with van der Waals surface area (Å²) in [5.41, 5.74) is 5.80. The van der Waals surface area contributed by atoms with Crippen LogP contribution in [-0.2, 0) is 13.1 Å². The molecule has 0 saturated carbocycles. The molecule has 0 aliphatic rings. The third-order valence-corrected chi connectivity index (χ3v) is 3.65. The van der Waals surface area contributed by atoms with Crippen LogP contribution in [-0.4, -0.2) is 4.57 Å². The maximum atomic E-state index is 13.0. The fourth-order valence-electron chi connectivity index (χ4n) is 2.55. The number of aryl methyl sites for hydroxylation is 2. The molecule has 1 N–H and O–H groups in total. The summed E-state index contributed by atoms with van der Waals surface area (Å²) in [6.07, 6.45) is 0. The first-order valence-corrected chi connectivity index (χ1v) is 6.68. The largest absolute Gasteiger partial charge is 0.381 e. The standard InChI is InChI=1S/C16H21FN2/c1-5-19-12(3)9-14(13(19)4)10-18-16-7-6-15(17)8-11(16)2/h6-9,18H,5,10H2,1-4H3. The molecule has 0 fully saturated rings. The van der Waals surface area contributed by atoms with Gasteiger partial charge in [0.2, 0.25) is 0 Å². The molecular weight excluding hydrogens is 239 g/mol. The van der Waals surface area contributed by atoms with Crippen LogP contribution in [0.1, 0.15) is 29.4 Å². The van der Waals surface area contributed by atoms with E-state index in [1.165, 1.54) is 23.0 Å². The summed E-state index contributed by atoms with van der Waals surface area (Å²) in [7, 11) is 0. The zero-order valence-electron chi connectivity index (χ0n) is 12.0. The molecule has 0 bridgehead atoms. The van der Waals surface area contributed by atoms with Gasteiger partial charge in [-0.1, -0.05) is 0 Å². The van der Waals surface area contributed by atoms with Gasteiger partial charge in [0.15, 0.2) is 0 Å². The van der Waals surface area contributed by atoms with Crippen LogP contribution < -0.4 is 5.32 Å². The summed E-state index contributed by atoms with van der Waals surface area (Å²) in [6.45, 7) is 10.1. The zero-order valence-corrected chi connectivity index (χ0v) is 12.0. The summed E-state index contributed by atoms with van der Waals surface area (Å²) >= 11 is 0. The second-order valence-electron chi connectivity index (χ2n) is 4.95. The molecular formula is C16H21FN2. The van der Waals surface area contributed by atoms with E-state index in [9.17, 15) is 4.39 Å². The molecule has 19 heavy (non-hydrogen) atoms. The van der Waals surface area contributed by atoms with E-state index in [-0.39, 0.29) is 5.82 Å². The van der Waals surface area contributed by atoms with Crippen molar-refractivity contribution < 1.29 is 4.39 Å². The normalized spacial score (nSPS) is 10.8. The predicted octanol–water partition coefficient (Wildman–Crippen LogP) is 4.18. The quantitative estimate of drug-likeness (QED) is 0.872. The third-order valence-electron chi connectivity index (χ3n) is 3.65. The van der Waals surface area contributed by atoms with Crippen molar-refractivity contribution >= 4 is 5.69 Å². The molecule has 2 rings (SSSR count). The molecule has 0 saturated heterocycles. The lowest BCUT2D eigenvalue weighted by molar-refractivity contribution is 0.627. The highest BCUT2D eigenvalue weighted by molar-refractivity contribution is 5.51. The van der Waals surface area contributed by atoms with Crippen LogP contribution >= 0.6 is 0 Å². The van der Waals surface area contributed by atoms with E-state index >= 15 is 0 Å². The van der Waals surface area contributed by atoms with Crippen molar-refractivity contribution in [2.24, 2.45) is 0 Å². The van der Waals surface area contributed by atoms with Gasteiger partial charge in [0.25, 0.3) is 0 Å². The number of anilines is 1. The number of rotatable bonds is 4. The van der Waals surface area contributed by atoms with Crippen LogP contribution in [0, 0.1) is 26.6 Å². The van der Waals surface area contributed by atoms with Crippen molar-refractivity contribution in [1.29, 1.82) is 0 Å². The fraction of sp³-hybridized carbons (Fsp3) is 0.375. The predicted molar refractivity (Wildman–Crippen MR) is 78.0 cm³/mol. The summed E-state index contributed by atoms with van der Waals surface area (Å²) in [6, 6.07) is 7.05. The van der Waals surface area contributed by atoms with Crippen LogP contribution in [0.3, 0.4) is 0 Å². The maximum absolute atomic E-state index is 13.0. The molecule has 0 unspecified atom stereocenters. The Morgan fingerprint density at radius 2 is 1.89 bits per heavy atom.